The molecule has 0 saturated heterocycles. The zero-order chi connectivity index (χ0) is 14.7. The molecule has 0 saturated carbocycles. The quantitative estimate of drug-likeness (QED) is 0.757. The lowest BCUT2D eigenvalue weighted by Crippen LogP contribution is -2.17. The average molecular weight is 281 g/mol. The van der Waals surface area contributed by atoms with Crippen molar-refractivity contribution in [2.45, 2.75) is 19.5 Å². The summed E-state index contributed by atoms with van der Waals surface area (Å²) in [6.45, 7) is 2.84. The van der Waals surface area contributed by atoms with Gasteiger partial charge in [-0.15, -0.1) is 0 Å². The molecule has 0 bridgehead atoms. The summed E-state index contributed by atoms with van der Waals surface area (Å²) in [7, 11) is 1.70. The number of hydrogen-bond donors (Lipinski definition) is 1. The lowest BCUT2D eigenvalue weighted by atomic mass is 10.1. The molecule has 3 aromatic rings. The van der Waals surface area contributed by atoms with Crippen molar-refractivity contribution in [1.82, 2.24) is 5.32 Å². The van der Waals surface area contributed by atoms with Crippen LogP contribution in [0.3, 0.4) is 0 Å². The largest absolute Gasteiger partial charge is 0.496 e. The van der Waals surface area contributed by atoms with Gasteiger partial charge in [0.2, 0.25) is 0 Å². The molecule has 1 aromatic heterocycles. The third-order valence-electron chi connectivity index (χ3n) is 3.66. The standard InChI is InChI=1S/C18H19NO2/c1-13(18-11-14-7-3-6-10-17(14)21-18)19-12-15-8-4-5-9-16(15)20-2/h3-11,13,19H,12H2,1-2H3. The number of rotatable bonds is 5. The molecule has 3 nitrogen and oxygen atoms in total. The van der Waals surface area contributed by atoms with Crippen LogP contribution in [-0.4, -0.2) is 7.11 Å². The number of fused-ring (bicyclic) bond motifs is 1. The van der Waals surface area contributed by atoms with Crippen LogP contribution >= 0.6 is 0 Å². The zero-order valence-electron chi connectivity index (χ0n) is 12.3. The zero-order valence-corrected chi connectivity index (χ0v) is 12.3. The second-order valence-electron chi connectivity index (χ2n) is 5.10. The monoisotopic (exact) mass is 281 g/mol. The summed E-state index contributed by atoms with van der Waals surface area (Å²) in [5.74, 6) is 1.85. The van der Waals surface area contributed by atoms with Gasteiger partial charge in [-0.25, -0.2) is 0 Å². The molecule has 1 heterocycles. The molecule has 0 fully saturated rings. The first kappa shape index (κ1) is 13.7. The Kier molecular flexibility index (Phi) is 3.93. The Morgan fingerprint density at radius 3 is 2.67 bits per heavy atom. The fourth-order valence-electron chi connectivity index (χ4n) is 2.43. The number of hydrogen-bond acceptors (Lipinski definition) is 3. The number of nitrogens with one attached hydrogen (secondary N) is 1. The fraction of sp³-hybridized carbons (Fsp3) is 0.222. The minimum absolute atomic E-state index is 0.141. The van der Waals surface area contributed by atoms with Gasteiger partial charge >= 0.3 is 0 Å². The Bertz CT molecular complexity index is 700. The maximum atomic E-state index is 5.88. The molecule has 1 unspecified atom stereocenters. The Morgan fingerprint density at radius 1 is 1.10 bits per heavy atom. The summed E-state index contributed by atoms with van der Waals surface area (Å²) in [5.41, 5.74) is 2.07. The number of benzene rings is 2. The highest BCUT2D eigenvalue weighted by Gasteiger charge is 2.11. The van der Waals surface area contributed by atoms with Crippen molar-refractivity contribution in [1.29, 1.82) is 0 Å². The molecule has 3 heteroatoms. The molecular formula is C18H19NO2. The van der Waals surface area contributed by atoms with Gasteiger partial charge < -0.3 is 14.5 Å². The van der Waals surface area contributed by atoms with Crippen LogP contribution in [0.4, 0.5) is 0 Å². The van der Waals surface area contributed by atoms with Gasteiger partial charge in [-0.2, -0.15) is 0 Å². The first-order valence-corrected chi connectivity index (χ1v) is 7.11. The first-order valence-electron chi connectivity index (χ1n) is 7.11. The van der Waals surface area contributed by atoms with Gasteiger partial charge in [-0.3, -0.25) is 0 Å². The maximum Gasteiger partial charge on any atom is 0.134 e. The van der Waals surface area contributed by atoms with E-state index >= 15 is 0 Å². The van der Waals surface area contributed by atoms with E-state index in [0.717, 1.165) is 34.6 Å². The van der Waals surface area contributed by atoms with Crippen molar-refractivity contribution < 1.29 is 9.15 Å². The summed E-state index contributed by atoms with van der Waals surface area (Å²) in [6.07, 6.45) is 0. The van der Waals surface area contributed by atoms with Crippen LogP contribution in [-0.2, 0) is 6.54 Å². The third kappa shape index (κ3) is 2.93. The molecule has 0 aliphatic rings. The summed E-state index contributed by atoms with van der Waals surface area (Å²) in [6, 6.07) is 18.3. The predicted octanol–water partition coefficient (Wildman–Crippen LogP) is 4.29. The van der Waals surface area contributed by atoms with Crippen molar-refractivity contribution in [2.24, 2.45) is 0 Å². The van der Waals surface area contributed by atoms with Gasteiger partial charge in [-0.1, -0.05) is 36.4 Å². The topological polar surface area (TPSA) is 34.4 Å². The average Bonchev–Trinajstić information content (AvgIpc) is 2.97. The fourth-order valence-corrected chi connectivity index (χ4v) is 2.43. The molecule has 0 amide bonds. The van der Waals surface area contributed by atoms with E-state index in [2.05, 4.69) is 30.4 Å². The van der Waals surface area contributed by atoms with Gasteiger partial charge in [-0.05, 0) is 25.1 Å². The van der Waals surface area contributed by atoms with Gasteiger partial charge in [0.05, 0.1) is 13.2 Å². The van der Waals surface area contributed by atoms with Crippen LogP contribution in [0.15, 0.2) is 59.0 Å². The third-order valence-corrected chi connectivity index (χ3v) is 3.66. The predicted molar refractivity (Wildman–Crippen MR) is 84.5 cm³/mol. The molecule has 1 N–H and O–H groups in total. The van der Waals surface area contributed by atoms with Crippen LogP contribution in [0.2, 0.25) is 0 Å². The van der Waals surface area contributed by atoms with Crippen LogP contribution in [0.5, 0.6) is 5.75 Å². The molecule has 21 heavy (non-hydrogen) atoms. The van der Waals surface area contributed by atoms with Crippen LogP contribution in [0, 0.1) is 0 Å². The smallest absolute Gasteiger partial charge is 0.134 e. The van der Waals surface area contributed by atoms with Crippen LogP contribution in [0.1, 0.15) is 24.3 Å². The minimum Gasteiger partial charge on any atom is -0.496 e. The van der Waals surface area contributed by atoms with E-state index in [-0.39, 0.29) is 6.04 Å². The van der Waals surface area contributed by atoms with E-state index in [1.165, 1.54) is 0 Å². The Labute approximate surface area is 124 Å². The molecule has 0 aliphatic carbocycles. The molecule has 1 atom stereocenters. The van der Waals surface area contributed by atoms with Crippen molar-refractivity contribution in [3.63, 3.8) is 0 Å². The normalized spacial score (nSPS) is 12.5. The van der Waals surface area contributed by atoms with Gasteiger partial charge in [0, 0.05) is 17.5 Å². The van der Waals surface area contributed by atoms with Crippen molar-refractivity contribution in [3.8, 4) is 5.75 Å². The van der Waals surface area contributed by atoms with E-state index in [1.54, 1.807) is 7.11 Å². The highest BCUT2D eigenvalue weighted by atomic mass is 16.5. The second-order valence-corrected chi connectivity index (χ2v) is 5.10. The summed E-state index contributed by atoms with van der Waals surface area (Å²) >= 11 is 0. The number of para-hydroxylation sites is 2. The van der Waals surface area contributed by atoms with E-state index in [1.807, 2.05) is 36.4 Å². The highest BCUT2D eigenvalue weighted by Crippen LogP contribution is 2.24. The number of methoxy groups -OCH3 is 1. The molecule has 0 radical (unpaired) electrons. The summed E-state index contributed by atoms with van der Waals surface area (Å²) < 4.78 is 11.2. The second kappa shape index (κ2) is 6.02. The van der Waals surface area contributed by atoms with Crippen LogP contribution in [0.25, 0.3) is 11.0 Å². The van der Waals surface area contributed by atoms with E-state index in [0.29, 0.717) is 0 Å². The first-order chi connectivity index (χ1) is 10.3. The van der Waals surface area contributed by atoms with E-state index in [9.17, 15) is 0 Å². The van der Waals surface area contributed by atoms with Gasteiger partial charge in [0.1, 0.15) is 17.1 Å². The van der Waals surface area contributed by atoms with Gasteiger partial charge in [0.15, 0.2) is 0 Å². The molecule has 0 spiro atoms. The molecule has 3 rings (SSSR count). The van der Waals surface area contributed by atoms with Crippen molar-refractivity contribution >= 4 is 11.0 Å². The highest BCUT2D eigenvalue weighted by molar-refractivity contribution is 5.77. The number of furan rings is 1. The van der Waals surface area contributed by atoms with Crippen molar-refractivity contribution in [3.05, 3.63) is 65.9 Å². The summed E-state index contributed by atoms with van der Waals surface area (Å²) in [4.78, 5) is 0. The molecule has 2 aromatic carbocycles. The number of ether oxygens (including phenoxy) is 1. The summed E-state index contributed by atoms with van der Waals surface area (Å²) in [5, 5.41) is 4.61. The Hall–Kier alpha value is -2.26. The molecule has 0 aliphatic heterocycles. The Morgan fingerprint density at radius 2 is 1.86 bits per heavy atom. The van der Waals surface area contributed by atoms with E-state index in [4.69, 9.17) is 9.15 Å². The van der Waals surface area contributed by atoms with Crippen LogP contribution < -0.4 is 10.1 Å². The maximum absolute atomic E-state index is 5.88. The molecule has 108 valence electrons. The minimum atomic E-state index is 0.141. The Balaban J connectivity index is 1.72. The molecular weight excluding hydrogens is 262 g/mol. The van der Waals surface area contributed by atoms with Gasteiger partial charge in [0.25, 0.3) is 0 Å². The lowest BCUT2D eigenvalue weighted by molar-refractivity contribution is 0.402. The lowest BCUT2D eigenvalue weighted by Gasteiger charge is -2.13. The van der Waals surface area contributed by atoms with Crippen molar-refractivity contribution in [2.75, 3.05) is 7.11 Å². The van der Waals surface area contributed by atoms with E-state index < -0.39 is 0 Å². The SMILES string of the molecule is COc1ccccc1CNC(C)c1cc2ccccc2o1.